The van der Waals surface area contributed by atoms with E-state index in [4.69, 9.17) is 4.74 Å². The van der Waals surface area contributed by atoms with Crippen molar-refractivity contribution >= 4 is 17.2 Å². The van der Waals surface area contributed by atoms with E-state index < -0.39 is 0 Å². The summed E-state index contributed by atoms with van der Waals surface area (Å²) in [5.41, 5.74) is 4.27. The number of nitrogens with zero attached hydrogens (tertiary/aromatic N) is 1. The van der Waals surface area contributed by atoms with Gasteiger partial charge in [-0.2, -0.15) is 0 Å². The standard InChI is InChI=1S/C23H26N2O2S/c1-5-18-9-11-19(12-10-18)16(3)25-23(26)22-17(4)24-21(28-22)14-27-20-8-6-7-15(2)13-20/h6-13,16H,5,14H2,1-4H3,(H,25,26). The summed E-state index contributed by atoms with van der Waals surface area (Å²) in [6.45, 7) is 8.38. The molecule has 0 spiro atoms. The second-order valence-corrected chi connectivity index (χ2v) is 8.00. The van der Waals surface area contributed by atoms with Gasteiger partial charge in [0.15, 0.2) is 0 Å². The number of aryl methyl sites for hydroxylation is 3. The number of carbonyl (C=O) groups is 1. The van der Waals surface area contributed by atoms with Crippen LogP contribution in [0.15, 0.2) is 48.5 Å². The molecule has 3 rings (SSSR count). The summed E-state index contributed by atoms with van der Waals surface area (Å²) < 4.78 is 5.81. The fourth-order valence-corrected chi connectivity index (χ4v) is 3.84. The van der Waals surface area contributed by atoms with Gasteiger partial charge >= 0.3 is 0 Å². The summed E-state index contributed by atoms with van der Waals surface area (Å²) in [4.78, 5) is 17.9. The third kappa shape index (κ3) is 4.98. The Morgan fingerprint density at radius 3 is 2.61 bits per heavy atom. The molecule has 146 valence electrons. The van der Waals surface area contributed by atoms with Crippen LogP contribution in [0.2, 0.25) is 0 Å². The van der Waals surface area contributed by atoms with Crippen molar-refractivity contribution in [2.24, 2.45) is 0 Å². The van der Waals surface area contributed by atoms with Gasteiger partial charge < -0.3 is 10.1 Å². The summed E-state index contributed by atoms with van der Waals surface area (Å²) in [5, 5.41) is 3.87. The molecule has 0 aliphatic rings. The van der Waals surface area contributed by atoms with E-state index in [0.717, 1.165) is 34.0 Å². The molecule has 0 saturated carbocycles. The molecule has 0 fully saturated rings. The van der Waals surface area contributed by atoms with Crippen LogP contribution in [0, 0.1) is 13.8 Å². The lowest BCUT2D eigenvalue weighted by atomic mass is 10.0. The highest BCUT2D eigenvalue weighted by Gasteiger charge is 2.18. The minimum absolute atomic E-state index is 0.0631. The minimum atomic E-state index is -0.0936. The van der Waals surface area contributed by atoms with Gasteiger partial charge in [0.1, 0.15) is 22.2 Å². The Balaban J connectivity index is 1.63. The maximum absolute atomic E-state index is 12.7. The Morgan fingerprint density at radius 1 is 1.18 bits per heavy atom. The van der Waals surface area contributed by atoms with Gasteiger partial charge in [-0.25, -0.2) is 4.98 Å². The van der Waals surface area contributed by atoms with Gasteiger partial charge in [0.25, 0.3) is 5.91 Å². The van der Waals surface area contributed by atoms with Crippen molar-refractivity contribution in [1.29, 1.82) is 0 Å². The smallest absolute Gasteiger partial charge is 0.263 e. The fourth-order valence-electron chi connectivity index (χ4n) is 2.96. The Labute approximate surface area is 170 Å². The van der Waals surface area contributed by atoms with Crippen LogP contribution in [0.4, 0.5) is 0 Å². The van der Waals surface area contributed by atoms with Gasteiger partial charge in [0.05, 0.1) is 11.7 Å². The number of thiazole rings is 1. The predicted octanol–water partition coefficient (Wildman–Crippen LogP) is 5.39. The van der Waals surface area contributed by atoms with Crippen LogP contribution < -0.4 is 10.1 Å². The zero-order valence-corrected chi connectivity index (χ0v) is 17.6. The molecule has 0 bridgehead atoms. The molecule has 5 heteroatoms. The SMILES string of the molecule is CCc1ccc(C(C)NC(=O)c2sc(COc3cccc(C)c3)nc2C)cc1. The molecular weight excluding hydrogens is 368 g/mol. The van der Waals surface area contributed by atoms with Crippen molar-refractivity contribution in [3.05, 3.63) is 80.8 Å². The van der Waals surface area contributed by atoms with Crippen molar-refractivity contribution in [1.82, 2.24) is 10.3 Å². The van der Waals surface area contributed by atoms with Gasteiger partial charge in [-0.1, -0.05) is 43.3 Å². The molecule has 2 aromatic carbocycles. The number of hydrogen-bond donors (Lipinski definition) is 1. The third-order valence-electron chi connectivity index (χ3n) is 4.63. The van der Waals surface area contributed by atoms with E-state index >= 15 is 0 Å². The summed E-state index contributed by atoms with van der Waals surface area (Å²) in [7, 11) is 0. The van der Waals surface area contributed by atoms with Crippen LogP contribution >= 0.6 is 11.3 Å². The average molecular weight is 395 g/mol. The normalized spacial score (nSPS) is 11.9. The highest BCUT2D eigenvalue weighted by atomic mass is 32.1. The molecule has 1 N–H and O–H groups in total. The lowest BCUT2D eigenvalue weighted by Crippen LogP contribution is -2.26. The third-order valence-corrected chi connectivity index (χ3v) is 5.76. The number of nitrogens with one attached hydrogen (secondary N) is 1. The molecule has 1 amide bonds. The quantitative estimate of drug-likeness (QED) is 0.584. The van der Waals surface area contributed by atoms with Crippen molar-refractivity contribution in [2.45, 2.75) is 46.8 Å². The molecule has 3 aromatic rings. The monoisotopic (exact) mass is 394 g/mol. The lowest BCUT2D eigenvalue weighted by Gasteiger charge is -2.14. The Hall–Kier alpha value is -2.66. The van der Waals surface area contributed by atoms with Crippen molar-refractivity contribution in [3.63, 3.8) is 0 Å². The molecule has 0 aliphatic heterocycles. The maximum atomic E-state index is 12.7. The van der Waals surface area contributed by atoms with Crippen LogP contribution in [0.25, 0.3) is 0 Å². The predicted molar refractivity (Wildman–Crippen MR) is 114 cm³/mol. The van der Waals surface area contributed by atoms with E-state index in [1.165, 1.54) is 16.9 Å². The summed E-state index contributed by atoms with van der Waals surface area (Å²) in [6.07, 6.45) is 1.01. The first kappa shape index (κ1) is 20.1. The lowest BCUT2D eigenvalue weighted by molar-refractivity contribution is 0.0943. The van der Waals surface area contributed by atoms with Gasteiger partial charge in [-0.3, -0.25) is 4.79 Å². The largest absolute Gasteiger partial charge is 0.486 e. The van der Waals surface area contributed by atoms with E-state index in [0.29, 0.717) is 11.5 Å². The summed E-state index contributed by atoms with van der Waals surface area (Å²) >= 11 is 1.39. The average Bonchev–Trinajstić information content (AvgIpc) is 3.07. The molecule has 0 aliphatic carbocycles. The number of carbonyl (C=O) groups excluding carboxylic acids is 1. The van der Waals surface area contributed by atoms with E-state index in [2.05, 4.69) is 41.5 Å². The summed E-state index contributed by atoms with van der Waals surface area (Å²) in [6, 6.07) is 16.2. The van der Waals surface area contributed by atoms with Crippen molar-refractivity contribution in [2.75, 3.05) is 0 Å². The first-order valence-electron chi connectivity index (χ1n) is 9.51. The Kier molecular flexibility index (Phi) is 6.47. The van der Waals surface area contributed by atoms with Gasteiger partial charge in [0, 0.05) is 0 Å². The summed E-state index contributed by atoms with van der Waals surface area (Å²) in [5.74, 6) is 0.715. The van der Waals surface area contributed by atoms with E-state index in [1.807, 2.05) is 45.0 Å². The minimum Gasteiger partial charge on any atom is -0.486 e. The van der Waals surface area contributed by atoms with E-state index in [1.54, 1.807) is 0 Å². The number of hydrogen-bond acceptors (Lipinski definition) is 4. The van der Waals surface area contributed by atoms with Gasteiger partial charge in [0.2, 0.25) is 0 Å². The number of benzene rings is 2. The molecule has 0 radical (unpaired) electrons. The van der Waals surface area contributed by atoms with Crippen molar-refractivity contribution < 1.29 is 9.53 Å². The Bertz CT molecular complexity index is 947. The molecule has 1 aromatic heterocycles. The Morgan fingerprint density at radius 2 is 1.93 bits per heavy atom. The van der Waals surface area contributed by atoms with E-state index in [9.17, 15) is 4.79 Å². The van der Waals surface area contributed by atoms with Crippen LogP contribution in [-0.4, -0.2) is 10.9 Å². The number of rotatable bonds is 7. The molecule has 1 atom stereocenters. The van der Waals surface area contributed by atoms with Crippen LogP contribution in [-0.2, 0) is 13.0 Å². The zero-order valence-electron chi connectivity index (χ0n) is 16.8. The zero-order chi connectivity index (χ0) is 20.1. The highest BCUT2D eigenvalue weighted by Crippen LogP contribution is 2.22. The number of amides is 1. The number of aromatic nitrogens is 1. The number of ether oxygens (including phenoxy) is 1. The van der Waals surface area contributed by atoms with Crippen LogP contribution in [0.5, 0.6) is 5.75 Å². The topological polar surface area (TPSA) is 51.2 Å². The highest BCUT2D eigenvalue weighted by molar-refractivity contribution is 7.13. The van der Waals surface area contributed by atoms with Gasteiger partial charge in [-0.05, 0) is 56.0 Å². The molecule has 0 saturated heterocycles. The fraction of sp³-hybridized carbons (Fsp3) is 0.304. The second kappa shape index (κ2) is 9.02. The molecule has 4 nitrogen and oxygen atoms in total. The maximum Gasteiger partial charge on any atom is 0.263 e. The van der Waals surface area contributed by atoms with Crippen LogP contribution in [0.1, 0.15) is 57.0 Å². The first-order valence-corrected chi connectivity index (χ1v) is 10.3. The van der Waals surface area contributed by atoms with Crippen molar-refractivity contribution in [3.8, 4) is 5.75 Å². The first-order chi connectivity index (χ1) is 13.5. The molecular formula is C23H26N2O2S. The molecule has 1 unspecified atom stereocenters. The second-order valence-electron chi connectivity index (χ2n) is 6.92. The molecule has 1 heterocycles. The molecule has 28 heavy (non-hydrogen) atoms. The van der Waals surface area contributed by atoms with Crippen LogP contribution in [0.3, 0.4) is 0 Å². The van der Waals surface area contributed by atoms with E-state index in [-0.39, 0.29) is 11.9 Å². The van der Waals surface area contributed by atoms with Gasteiger partial charge in [-0.15, -0.1) is 11.3 Å².